The quantitative estimate of drug-likeness (QED) is 0.787. The Morgan fingerprint density at radius 1 is 1.09 bits per heavy atom. The zero-order valence-electron chi connectivity index (χ0n) is 11.7. The van der Waals surface area contributed by atoms with Gasteiger partial charge in [0, 0.05) is 23.0 Å². The molecule has 0 saturated heterocycles. The van der Waals surface area contributed by atoms with E-state index in [1.165, 1.54) is 7.05 Å². The van der Waals surface area contributed by atoms with Gasteiger partial charge < -0.3 is 9.67 Å². The Hall–Kier alpha value is -2.59. The molecule has 22 heavy (non-hydrogen) atoms. The van der Waals surface area contributed by atoms with Crippen molar-refractivity contribution in [2.75, 3.05) is 0 Å². The number of fused-ring (bicyclic) bond motifs is 1. The summed E-state index contributed by atoms with van der Waals surface area (Å²) < 4.78 is 1.16. The third kappa shape index (κ3) is 2.18. The second-order valence-corrected chi connectivity index (χ2v) is 5.39. The first-order chi connectivity index (χ1) is 10.5. The Bertz CT molecular complexity index is 946. The number of carbonyl (C=O) groups is 1. The van der Waals surface area contributed by atoms with Gasteiger partial charge in [-0.1, -0.05) is 48.0 Å². The van der Waals surface area contributed by atoms with Gasteiger partial charge in [-0.2, -0.15) is 0 Å². The van der Waals surface area contributed by atoms with Crippen LogP contribution in [0, 0.1) is 0 Å². The number of benzene rings is 2. The van der Waals surface area contributed by atoms with Gasteiger partial charge in [0.15, 0.2) is 0 Å². The zero-order valence-corrected chi connectivity index (χ0v) is 12.5. The van der Waals surface area contributed by atoms with Crippen LogP contribution in [0.3, 0.4) is 0 Å². The van der Waals surface area contributed by atoms with Gasteiger partial charge >= 0.3 is 5.97 Å². The average molecular weight is 314 g/mol. The second kappa shape index (κ2) is 5.31. The van der Waals surface area contributed by atoms with Crippen LogP contribution in [0.5, 0.6) is 0 Å². The minimum absolute atomic E-state index is 0.0361. The van der Waals surface area contributed by atoms with Crippen molar-refractivity contribution in [2.45, 2.75) is 0 Å². The van der Waals surface area contributed by atoms with Crippen molar-refractivity contribution in [1.29, 1.82) is 0 Å². The van der Waals surface area contributed by atoms with Gasteiger partial charge in [-0.05, 0) is 23.1 Å². The fourth-order valence-electron chi connectivity index (χ4n) is 2.64. The Morgan fingerprint density at radius 3 is 2.41 bits per heavy atom. The highest BCUT2D eigenvalue weighted by molar-refractivity contribution is 6.31. The minimum Gasteiger partial charge on any atom is -0.477 e. The molecule has 1 N–H and O–H groups in total. The first-order valence-electron chi connectivity index (χ1n) is 6.61. The van der Waals surface area contributed by atoms with Gasteiger partial charge in [-0.25, -0.2) is 4.79 Å². The third-order valence-corrected chi connectivity index (χ3v) is 3.86. The van der Waals surface area contributed by atoms with Crippen LogP contribution < -0.4 is 5.56 Å². The Morgan fingerprint density at radius 2 is 1.77 bits per heavy atom. The summed E-state index contributed by atoms with van der Waals surface area (Å²) in [6.45, 7) is 0. The van der Waals surface area contributed by atoms with Crippen LogP contribution in [0.15, 0.2) is 53.3 Å². The summed E-state index contributed by atoms with van der Waals surface area (Å²) in [6, 6.07) is 14.1. The molecule has 3 rings (SSSR count). The van der Waals surface area contributed by atoms with E-state index in [9.17, 15) is 14.7 Å². The van der Waals surface area contributed by atoms with Gasteiger partial charge in [0.05, 0.1) is 0 Å². The molecule has 2 aromatic carbocycles. The lowest BCUT2D eigenvalue weighted by Crippen LogP contribution is -2.24. The lowest BCUT2D eigenvalue weighted by molar-refractivity contribution is 0.0686. The number of pyridine rings is 1. The molecular formula is C17H12ClNO3. The van der Waals surface area contributed by atoms with E-state index in [4.69, 9.17) is 11.6 Å². The maximum atomic E-state index is 12.4. The normalized spacial score (nSPS) is 10.8. The molecule has 0 aliphatic rings. The summed E-state index contributed by atoms with van der Waals surface area (Å²) in [5.74, 6) is -1.14. The number of aromatic nitrogens is 1. The molecule has 1 aromatic heterocycles. The van der Waals surface area contributed by atoms with E-state index < -0.39 is 5.97 Å². The van der Waals surface area contributed by atoms with E-state index in [2.05, 4.69) is 0 Å². The van der Waals surface area contributed by atoms with Crippen LogP contribution in [-0.2, 0) is 7.05 Å². The lowest BCUT2D eigenvalue weighted by Gasteiger charge is -2.14. The summed E-state index contributed by atoms with van der Waals surface area (Å²) in [5.41, 5.74) is 0.838. The Labute approximate surface area is 131 Å². The van der Waals surface area contributed by atoms with Crippen molar-refractivity contribution in [1.82, 2.24) is 4.57 Å². The second-order valence-electron chi connectivity index (χ2n) is 4.95. The molecule has 0 saturated carbocycles. The number of aromatic carboxylic acids is 1. The van der Waals surface area contributed by atoms with E-state index in [1.54, 1.807) is 18.2 Å². The number of hydrogen-bond acceptors (Lipinski definition) is 2. The smallest absolute Gasteiger partial charge is 0.353 e. The standard InChI is InChI=1S/C17H12ClNO3/c1-19-15(17(21)22)14(10-5-3-2-4-6-10)12-8-7-11(18)9-13(12)16(19)20/h2-9H,1H3,(H,21,22). The van der Waals surface area contributed by atoms with Crippen molar-refractivity contribution in [2.24, 2.45) is 7.05 Å². The highest BCUT2D eigenvalue weighted by Crippen LogP contribution is 2.31. The average Bonchev–Trinajstić information content (AvgIpc) is 2.51. The molecule has 3 aromatic rings. The molecule has 1 heterocycles. The summed E-state index contributed by atoms with van der Waals surface area (Å²) >= 11 is 5.98. The molecular weight excluding hydrogens is 302 g/mol. The van der Waals surface area contributed by atoms with Crippen LogP contribution in [0.25, 0.3) is 21.9 Å². The van der Waals surface area contributed by atoms with Crippen LogP contribution >= 0.6 is 11.6 Å². The van der Waals surface area contributed by atoms with E-state index in [-0.39, 0.29) is 11.3 Å². The minimum atomic E-state index is -1.14. The van der Waals surface area contributed by atoms with E-state index in [1.807, 2.05) is 30.3 Å². The maximum absolute atomic E-state index is 12.4. The van der Waals surface area contributed by atoms with Gasteiger partial charge in [-0.15, -0.1) is 0 Å². The molecule has 0 radical (unpaired) electrons. The van der Waals surface area contributed by atoms with Crippen LogP contribution in [-0.4, -0.2) is 15.6 Å². The van der Waals surface area contributed by atoms with E-state index in [0.717, 1.165) is 10.1 Å². The SMILES string of the molecule is Cn1c(C(=O)O)c(-c2ccccc2)c2ccc(Cl)cc2c1=O. The molecule has 0 fully saturated rings. The fraction of sp³-hybridized carbons (Fsp3) is 0.0588. The number of nitrogens with zero attached hydrogens (tertiary/aromatic N) is 1. The Kier molecular flexibility index (Phi) is 3.47. The highest BCUT2D eigenvalue weighted by Gasteiger charge is 2.21. The number of rotatable bonds is 2. The molecule has 5 heteroatoms. The molecule has 110 valence electrons. The lowest BCUT2D eigenvalue weighted by atomic mass is 9.97. The summed E-state index contributed by atoms with van der Waals surface area (Å²) in [5, 5.41) is 11.0. The van der Waals surface area contributed by atoms with E-state index in [0.29, 0.717) is 21.4 Å². The van der Waals surface area contributed by atoms with Crippen LogP contribution in [0.1, 0.15) is 10.5 Å². The van der Waals surface area contributed by atoms with Crippen molar-refractivity contribution in [3.8, 4) is 11.1 Å². The molecule has 0 bridgehead atoms. The van der Waals surface area contributed by atoms with Crippen molar-refractivity contribution >= 4 is 28.3 Å². The maximum Gasteiger partial charge on any atom is 0.353 e. The number of halogens is 1. The van der Waals surface area contributed by atoms with Crippen molar-refractivity contribution in [3.63, 3.8) is 0 Å². The molecule has 0 aliphatic carbocycles. The van der Waals surface area contributed by atoms with Gasteiger partial charge in [0.1, 0.15) is 5.69 Å². The predicted molar refractivity (Wildman–Crippen MR) is 86.6 cm³/mol. The molecule has 0 amide bonds. The molecule has 0 atom stereocenters. The Balaban J connectivity index is 2.58. The molecule has 0 spiro atoms. The first kappa shape index (κ1) is 14.4. The van der Waals surface area contributed by atoms with Gasteiger partial charge in [0.2, 0.25) is 0 Å². The summed E-state index contributed by atoms with van der Waals surface area (Å²) in [7, 11) is 1.46. The van der Waals surface area contributed by atoms with Crippen molar-refractivity contribution < 1.29 is 9.90 Å². The largest absolute Gasteiger partial charge is 0.477 e. The van der Waals surface area contributed by atoms with Crippen LogP contribution in [0.2, 0.25) is 5.02 Å². The summed E-state index contributed by atoms with van der Waals surface area (Å²) in [4.78, 5) is 24.1. The topological polar surface area (TPSA) is 59.3 Å². The monoisotopic (exact) mass is 313 g/mol. The van der Waals surface area contributed by atoms with E-state index >= 15 is 0 Å². The number of hydrogen-bond donors (Lipinski definition) is 1. The molecule has 0 unspecified atom stereocenters. The third-order valence-electron chi connectivity index (χ3n) is 3.62. The first-order valence-corrected chi connectivity index (χ1v) is 6.99. The van der Waals surface area contributed by atoms with Crippen LogP contribution in [0.4, 0.5) is 0 Å². The fourth-order valence-corrected chi connectivity index (χ4v) is 2.81. The zero-order chi connectivity index (χ0) is 15.9. The number of carboxylic acids is 1. The molecule has 0 aliphatic heterocycles. The van der Waals surface area contributed by atoms with Gasteiger partial charge in [-0.3, -0.25) is 4.79 Å². The number of carboxylic acid groups (broad SMARTS) is 1. The van der Waals surface area contributed by atoms with Crippen molar-refractivity contribution in [3.05, 3.63) is 69.6 Å². The summed E-state index contributed by atoms with van der Waals surface area (Å²) in [6.07, 6.45) is 0. The molecule has 4 nitrogen and oxygen atoms in total. The van der Waals surface area contributed by atoms with Gasteiger partial charge in [0.25, 0.3) is 5.56 Å². The highest BCUT2D eigenvalue weighted by atomic mass is 35.5. The predicted octanol–water partition coefficient (Wildman–Crippen LogP) is 3.56.